The van der Waals surface area contributed by atoms with Crippen molar-refractivity contribution >= 4 is 12.0 Å². The van der Waals surface area contributed by atoms with E-state index in [1.54, 1.807) is 18.2 Å². The molecule has 2 aromatic carbocycles. The normalized spacial score (nSPS) is 10.3. The van der Waals surface area contributed by atoms with Gasteiger partial charge >= 0.3 is 0 Å². The third kappa shape index (κ3) is 4.80. The van der Waals surface area contributed by atoms with Gasteiger partial charge in [0, 0.05) is 11.3 Å². The van der Waals surface area contributed by atoms with Crippen molar-refractivity contribution in [1.29, 1.82) is 0 Å². The number of carbonyl (C=O) groups excluding carboxylic acids is 1. The number of nitrogens with one attached hydrogen (secondary N) is 2. The number of hydrazine groups is 1. The van der Waals surface area contributed by atoms with E-state index < -0.39 is 0 Å². The lowest BCUT2D eigenvalue weighted by Gasteiger charge is -2.14. The lowest BCUT2D eigenvalue weighted by Crippen LogP contribution is -2.36. The number of hydrogen-bond donors (Lipinski definition) is 2. The quantitative estimate of drug-likeness (QED) is 0.563. The highest BCUT2D eigenvalue weighted by Gasteiger charge is 2.16. The highest BCUT2D eigenvalue weighted by molar-refractivity contribution is 5.95. The van der Waals surface area contributed by atoms with E-state index in [2.05, 4.69) is 17.4 Å². The van der Waals surface area contributed by atoms with Crippen molar-refractivity contribution in [3.05, 3.63) is 71.9 Å². The molecule has 2 aromatic rings. The van der Waals surface area contributed by atoms with Crippen LogP contribution in [0.1, 0.15) is 15.9 Å². The molecule has 0 heterocycles. The Morgan fingerprint density at radius 3 is 2.12 bits per heavy atom. The summed E-state index contributed by atoms with van der Waals surface area (Å²) in [5.41, 5.74) is 7.27. The molecule has 0 aromatic heterocycles. The second-order valence-corrected chi connectivity index (χ2v) is 5.26. The summed E-state index contributed by atoms with van der Waals surface area (Å²) in [5, 5.41) is 0. The van der Waals surface area contributed by atoms with Crippen LogP contribution in [0.25, 0.3) is 6.08 Å². The third-order valence-corrected chi connectivity index (χ3v) is 3.54. The molecule has 0 unspecified atom stereocenters. The Kier molecular flexibility index (Phi) is 6.68. The number of rotatable bonds is 8. The fraction of sp³-hybridized carbons (Fsp3) is 0.150. The van der Waals surface area contributed by atoms with Gasteiger partial charge in [-0.25, -0.2) is 0 Å². The van der Waals surface area contributed by atoms with Crippen LogP contribution in [0.4, 0.5) is 0 Å². The molecule has 1 amide bonds. The Labute approximate surface area is 153 Å². The topological polar surface area (TPSA) is 68.8 Å². The summed E-state index contributed by atoms with van der Waals surface area (Å²) in [6.07, 6.45) is 3.66. The highest BCUT2D eigenvalue weighted by Crippen LogP contribution is 2.38. The molecule has 0 atom stereocenters. The van der Waals surface area contributed by atoms with E-state index in [9.17, 15) is 4.79 Å². The molecule has 26 heavy (non-hydrogen) atoms. The first-order valence-electron chi connectivity index (χ1n) is 7.87. The van der Waals surface area contributed by atoms with Gasteiger partial charge in [0.15, 0.2) is 11.5 Å². The van der Waals surface area contributed by atoms with Crippen molar-refractivity contribution in [3.63, 3.8) is 0 Å². The molecule has 2 N–H and O–H groups in total. The Hall–Kier alpha value is -3.41. The zero-order chi connectivity index (χ0) is 18.9. The number of ether oxygens (including phenoxy) is 3. The van der Waals surface area contributed by atoms with Gasteiger partial charge < -0.3 is 14.2 Å². The molecule has 6 nitrogen and oxygen atoms in total. The maximum atomic E-state index is 12.4. The average molecular weight is 354 g/mol. The minimum Gasteiger partial charge on any atom is -0.493 e. The summed E-state index contributed by atoms with van der Waals surface area (Å²) in [6.45, 7) is 3.85. The van der Waals surface area contributed by atoms with E-state index in [4.69, 9.17) is 14.2 Å². The van der Waals surface area contributed by atoms with Gasteiger partial charge in [-0.15, -0.1) is 0 Å². The van der Waals surface area contributed by atoms with Gasteiger partial charge in [0.05, 0.1) is 21.3 Å². The van der Waals surface area contributed by atoms with Crippen molar-refractivity contribution in [2.45, 2.75) is 0 Å². The molecule has 0 saturated carbocycles. The summed E-state index contributed by atoms with van der Waals surface area (Å²) in [5.74, 6) is 0.868. The van der Waals surface area contributed by atoms with Crippen LogP contribution in [0, 0.1) is 0 Å². The second kappa shape index (κ2) is 9.17. The Morgan fingerprint density at radius 2 is 1.58 bits per heavy atom. The summed E-state index contributed by atoms with van der Waals surface area (Å²) in [7, 11) is 4.49. The Bertz CT molecular complexity index is 776. The Morgan fingerprint density at radius 1 is 0.962 bits per heavy atom. The van der Waals surface area contributed by atoms with Crippen LogP contribution < -0.4 is 25.1 Å². The molecule has 0 bridgehead atoms. The summed E-state index contributed by atoms with van der Waals surface area (Å²) >= 11 is 0. The smallest absolute Gasteiger partial charge is 0.269 e. The standard InChI is InChI=1S/C20H22N2O4/c1-14(10-11-15-8-6-5-7-9-15)21-22-20(23)16-12-17(24-2)19(26-4)18(13-16)25-3/h5-13,21H,1H2,2-4H3,(H,22,23)/b11-10+. The maximum Gasteiger partial charge on any atom is 0.269 e. The minimum absolute atomic E-state index is 0.354. The van der Waals surface area contributed by atoms with Crippen molar-refractivity contribution < 1.29 is 19.0 Å². The maximum absolute atomic E-state index is 12.4. The van der Waals surface area contributed by atoms with Gasteiger partial charge in [-0.3, -0.25) is 15.6 Å². The highest BCUT2D eigenvalue weighted by atomic mass is 16.5. The molecule has 6 heteroatoms. The first-order chi connectivity index (χ1) is 12.6. The monoisotopic (exact) mass is 354 g/mol. The molecule has 0 aliphatic rings. The zero-order valence-corrected chi connectivity index (χ0v) is 15.0. The molecule has 136 valence electrons. The third-order valence-electron chi connectivity index (χ3n) is 3.54. The number of carbonyl (C=O) groups is 1. The van der Waals surface area contributed by atoms with Gasteiger partial charge in [0.1, 0.15) is 0 Å². The largest absolute Gasteiger partial charge is 0.493 e. The predicted octanol–water partition coefficient (Wildman–Crippen LogP) is 3.17. The first kappa shape index (κ1) is 18.9. The van der Waals surface area contributed by atoms with Gasteiger partial charge in [-0.05, 0) is 23.8 Å². The van der Waals surface area contributed by atoms with Crippen LogP contribution in [-0.4, -0.2) is 27.2 Å². The number of hydrogen-bond acceptors (Lipinski definition) is 5. The van der Waals surface area contributed by atoms with Crippen LogP contribution in [0.2, 0.25) is 0 Å². The molecule has 0 saturated heterocycles. The number of amides is 1. The van der Waals surface area contributed by atoms with Crippen LogP contribution in [-0.2, 0) is 0 Å². The van der Waals surface area contributed by atoms with Crippen LogP contribution >= 0.6 is 0 Å². The molecule has 2 rings (SSSR count). The van der Waals surface area contributed by atoms with Crippen molar-refractivity contribution in [2.24, 2.45) is 0 Å². The van der Waals surface area contributed by atoms with Gasteiger partial charge in [-0.2, -0.15) is 0 Å². The second-order valence-electron chi connectivity index (χ2n) is 5.26. The SMILES string of the molecule is C=C(/C=C/c1ccccc1)NNC(=O)c1cc(OC)c(OC)c(OC)c1. The molecule has 0 spiro atoms. The fourth-order valence-electron chi connectivity index (χ4n) is 2.22. The zero-order valence-electron chi connectivity index (χ0n) is 15.0. The van der Waals surface area contributed by atoms with Crippen LogP contribution in [0.3, 0.4) is 0 Å². The molecular weight excluding hydrogens is 332 g/mol. The van der Waals surface area contributed by atoms with E-state index in [1.165, 1.54) is 21.3 Å². The first-order valence-corrected chi connectivity index (χ1v) is 7.87. The van der Waals surface area contributed by atoms with E-state index in [0.29, 0.717) is 28.5 Å². The van der Waals surface area contributed by atoms with Gasteiger partial charge in [0.2, 0.25) is 5.75 Å². The number of benzene rings is 2. The van der Waals surface area contributed by atoms with E-state index in [1.807, 2.05) is 36.4 Å². The summed E-state index contributed by atoms with van der Waals surface area (Å²) in [4.78, 5) is 12.4. The van der Waals surface area contributed by atoms with Crippen molar-refractivity contribution in [1.82, 2.24) is 10.9 Å². The number of methoxy groups -OCH3 is 3. The predicted molar refractivity (Wildman–Crippen MR) is 101 cm³/mol. The van der Waals surface area contributed by atoms with Gasteiger partial charge in [0.25, 0.3) is 5.91 Å². The van der Waals surface area contributed by atoms with E-state index in [-0.39, 0.29) is 5.91 Å². The lowest BCUT2D eigenvalue weighted by molar-refractivity contribution is 0.0938. The summed E-state index contributed by atoms with van der Waals surface area (Å²) < 4.78 is 15.7. The van der Waals surface area contributed by atoms with Crippen LogP contribution in [0.5, 0.6) is 17.2 Å². The molecule has 0 fully saturated rings. The van der Waals surface area contributed by atoms with Crippen molar-refractivity contribution in [2.75, 3.05) is 21.3 Å². The van der Waals surface area contributed by atoms with Crippen LogP contribution in [0.15, 0.2) is 60.8 Å². The van der Waals surface area contributed by atoms with E-state index in [0.717, 1.165) is 5.56 Å². The average Bonchev–Trinajstić information content (AvgIpc) is 2.69. The van der Waals surface area contributed by atoms with Crippen molar-refractivity contribution in [3.8, 4) is 17.2 Å². The van der Waals surface area contributed by atoms with E-state index >= 15 is 0 Å². The minimum atomic E-state index is -0.362. The van der Waals surface area contributed by atoms with Gasteiger partial charge in [-0.1, -0.05) is 43.0 Å². The summed E-state index contributed by atoms with van der Waals surface area (Å²) in [6, 6.07) is 12.9. The lowest BCUT2D eigenvalue weighted by atomic mass is 10.1. The molecule has 0 aliphatic heterocycles. The molecule has 0 radical (unpaired) electrons. The Balaban J connectivity index is 2.03. The molecule has 0 aliphatic carbocycles. The fourth-order valence-corrected chi connectivity index (χ4v) is 2.22. The molecular formula is C20H22N2O4. The number of allylic oxidation sites excluding steroid dienone is 1.